The number of hydrogen-bond acceptors (Lipinski definition) is 5. The van der Waals surface area contributed by atoms with E-state index in [1.807, 2.05) is 26.1 Å². The molecule has 0 aliphatic rings. The maximum Gasteiger partial charge on any atom is 0.277 e. The van der Waals surface area contributed by atoms with Crippen LogP contribution in [0.1, 0.15) is 21.1 Å². The lowest BCUT2D eigenvalue weighted by Gasteiger charge is -2.01. The predicted molar refractivity (Wildman–Crippen MR) is 79.4 cm³/mol. The number of aryl methyl sites for hydroxylation is 2. The molecular weight excluding hydrogens is 288 g/mol. The minimum absolute atomic E-state index is 0.261. The molecule has 0 radical (unpaired) electrons. The van der Waals surface area contributed by atoms with Crippen LogP contribution in [0.2, 0.25) is 0 Å². The van der Waals surface area contributed by atoms with Crippen LogP contribution in [-0.4, -0.2) is 30.5 Å². The zero-order valence-electron chi connectivity index (χ0n) is 11.6. The number of carbonyl (C=O) groups is 1. The normalized spacial score (nSPS) is 10.8. The molecule has 0 saturated heterocycles. The van der Waals surface area contributed by atoms with E-state index in [0.717, 1.165) is 10.6 Å². The van der Waals surface area contributed by atoms with Gasteiger partial charge in [-0.25, -0.2) is 4.98 Å². The first-order chi connectivity index (χ1) is 10.1. The fraction of sp³-hybridized carbons (Fsp3) is 0.231. The highest BCUT2D eigenvalue weighted by Crippen LogP contribution is 2.21. The van der Waals surface area contributed by atoms with Crippen LogP contribution in [0, 0.1) is 13.8 Å². The van der Waals surface area contributed by atoms with Crippen molar-refractivity contribution in [2.75, 3.05) is 5.32 Å². The number of amides is 1. The number of nitrogens with zero attached hydrogens (tertiary/aromatic N) is 5. The number of thiazole rings is 1. The van der Waals surface area contributed by atoms with Gasteiger partial charge in [-0.15, -0.1) is 11.3 Å². The van der Waals surface area contributed by atoms with E-state index in [1.54, 1.807) is 27.8 Å². The zero-order chi connectivity index (χ0) is 14.8. The van der Waals surface area contributed by atoms with Gasteiger partial charge in [-0.2, -0.15) is 10.2 Å². The summed E-state index contributed by atoms with van der Waals surface area (Å²) in [6.45, 7) is 4.36. The Kier molecular flexibility index (Phi) is 3.53. The molecule has 0 spiro atoms. The lowest BCUT2D eigenvalue weighted by Crippen LogP contribution is -2.14. The molecular formula is C13H14N6OS. The first-order valence-electron chi connectivity index (χ1n) is 6.38. The highest BCUT2D eigenvalue weighted by atomic mass is 32.1. The second-order valence-corrected chi connectivity index (χ2v) is 5.75. The standard InChI is InChI=1S/C13H14N6OS/c1-9-10(2)21-13(15-9)16-12(20)11-4-7-19(17-11)8-18-6-3-5-14-18/h3-7H,8H2,1-2H3,(H,15,16,20). The van der Waals surface area contributed by atoms with E-state index in [9.17, 15) is 4.79 Å². The minimum Gasteiger partial charge on any atom is -0.296 e. The molecule has 3 aromatic rings. The van der Waals surface area contributed by atoms with E-state index in [2.05, 4.69) is 20.5 Å². The molecule has 7 nitrogen and oxygen atoms in total. The summed E-state index contributed by atoms with van der Waals surface area (Å²) in [6.07, 6.45) is 5.28. The third-order valence-corrected chi connectivity index (χ3v) is 3.96. The van der Waals surface area contributed by atoms with Gasteiger partial charge in [0.15, 0.2) is 10.8 Å². The van der Waals surface area contributed by atoms with Gasteiger partial charge in [0, 0.05) is 23.5 Å². The quantitative estimate of drug-likeness (QED) is 0.798. The average molecular weight is 302 g/mol. The summed E-state index contributed by atoms with van der Waals surface area (Å²) in [5.41, 5.74) is 1.28. The van der Waals surface area contributed by atoms with Crippen LogP contribution in [0.4, 0.5) is 5.13 Å². The van der Waals surface area contributed by atoms with Crippen molar-refractivity contribution in [3.63, 3.8) is 0 Å². The van der Waals surface area contributed by atoms with Gasteiger partial charge in [-0.05, 0) is 26.0 Å². The third kappa shape index (κ3) is 3.00. The zero-order valence-corrected chi connectivity index (χ0v) is 12.5. The lowest BCUT2D eigenvalue weighted by molar-refractivity contribution is 0.102. The second kappa shape index (κ2) is 5.49. The summed E-state index contributed by atoms with van der Waals surface area (Å²) in [5, 5.41) is 11.7. The summed E-state index contributed by atoms with van der Waals surface area (Å²) < 4.78 is 3.38. The number of aromatic nitrogens is 5. The number of hydrogen-bond donors (Lipinski definition) is 1. The van der Waals surface area contributed by atoms with Crippen molar-refractivity contribution >= 4 is 22.4 Å². The predicted octanol–water partition coefficient (Wildman–Crippen LogP) is 1.91. The number of nitrogens with one attached hydrogen (secondary N) is 1. The van der Waals surface area contributed by atoms with Crippen LogP contribution in [0.15, 0.2) is 30.7 Å². The Morgan fingerprint density at radius 1 is 1.33 bits per heavy atom. The Morgan fingerprint density at radius 3 is 2.86 bits per heavy atom. The number of anilines is 1. The Balaban J connectivity index is 1.69. The highest BCUT2D eigenvalue weighted by molar-refractivity contribution is 7.15. The van der Waals surface area contributed by atoms with Crippen LogP contribution in [0.25, 0.3) is 0 Å². The molecule has 8 heteroatoms. The molecule has 3 rings (SSSR count). The van der Waals surface area contributed by atoms with Crippen molar-refractivity contribution in [2.45, 2.75) is 20.5 Å². The molecule has 108 valence electrons. The molecule has 0 atom stereocenters. The first kappa shape index (κ1) is 13.5. The van der Waals surface area contributed by atoms with Gasteiger partial charge in [-0.1, -0.05) is 0 Å². The van der Waals surface area contributed by atoms with Crippen LogP contribution in [0.5, 0.6) is 0 Å². The van der Waals surface area contributed by atoms with Gasteiger partial charge in [0.05, 0.1) is 5.69 Å². The SMILES string of the molecule is Cc1nc(NC(=O)c2ccn(Cn3cccn3)n2)sc1C. The summed E-state index contributed by atoms with van der Waals surface area (Å²) in [6, 6.07) is 3.51. The molecule has 1 amide bonds. The van der Waals surface area contributed by atoms with Gasteiger partial charge in [0.25, 0.3) is 5.91 Å². The van der Waals surface area contributed by atoms with Gasteiger partial charge < -0.3 is 0 Å². The van der Waals surface area contributed by atoms with E-state index in [-0.39, 0.29) is 5.91 Å². The maximum atomic E-state index is 12.1. The molecule has 0 bridgehead atoms. The topological polar surface area (TPSA) is 77.6 Å². The monoisotopic (exact) mass is 302 g/mol. The van der Waals surface area contributed by atoms with Crippen LogP contribution >= 0.6 is 11.3 Å². The molecule has 0 aromatic carbocycles. The Morgan fingerprint density at radius 2 is 2.19 bits per heavy atom. The molecule has 0 aliphatic carbocycles. The van der Waals surface area contributed by atoms with Crippen molar-refractivity contribution in [1.29, 1.82) is 0 Å². The van der Waals surface area contributed by atoms with E-state index < -0.39 is 0 Å². The minimum atomic E-state index is -0.261. The number of rotatable bonds is 4. The molecule has 21 heavy (non-hydrogen) atoms. The summed E-state index contributed by atoms with van der Waals surface area (Å²) >= 11 is 1.46. The van der Waals surface area contributed by atoms with Crippen LogP contribution in [0.3, 0.4) is 0 Å². The first-order valence-corrected chi connectivity index (χ1v) is 7.20. The van der Waals surface area contributed by atoms with Crippen LogP contribution in [-0.2, 0) is 6.67 Å². The Labute approximate surface area is 125 Å². The smallest absolute Gasteiger partial charge is 0.277 e. The largest absolute Gasteiger partial charge is 0.296 e. The number of carbonyl (C=O) groups excluding carboxylic acids is 1. The van der Waals surface area contributed by atoms with E-state index in [4.69, 9.17) is 0 Å². The lowest BCUT2D eigenvalue weighted by atomic mass is 10.4. The van der Waals surface area contributed by atoms with Crippen molar-refractivity contribution in [3.8, 4) is 0 Å². The third-order valence-electron chi connectivity index (χ3n) is 2.97. The fourth-order valence-corrected chi connectivity index (χ4v) is 2.59. The Bertz CT molecular complexity index is 738. The van der Waals surface area contributed by atoms with Crippen molar-refractivity contribution in [3.05, 3.63) is 47.0 Å². The molecule has 0 aliphatic heterocycles. The molecule has 3 heterocycles. The van der Waals surface area contributed by atoms with E-state index in [1.165, 1.54) is 11.3 Å². The van der Waals surface area contributed by atoms with Gasteiger partial charge in [0.1, 0.15) is 6.67 Å². The highest BCUT2D eigenvalue weighted by Gasteiger charge is 2.12. The summed E-state index contributed by atoms with van der Waals surface area (Å²) in [5.74, 6) is -0.261. The second-order valence-electron chi connectivity index (χ2n) is 4.54. The van der Waals surface area contributed by atoms with Crippen molar-refractivity contribution in [2.24, 2.45) is 0 Å². The summed E-state index contributed by atoms with van der Waals surface area (Å²) in [4.78, 5) is 17.5. The molecule has 0 fully saturated rings. The molecule has 1 N–H and O–H groups in total. The van der Waals surface area contributed by atoms with Gasteiger partial charge >= 0.3 is 0 Å². The van der Waals surface area contributed by atoms with Crippen molar-refractivity contribution in [1.82, 2.24) is 24.5 Å². The van der Waals surface area contributed by atoms with E-state index in [0.29, 0.717) is 17.5 Å². The Hall–Kier alpha value is -2.48. The molecule has 3 aromatic heterocycles. The van der Waals surface area contributed by atoms with Crippen LogP contribution < -0.4 is 5.32 Å². The van der Waals surface area contributed by atoms with Gasteiger partial charge in [0.2, 0.25) is 0 Å². The van der Waals surface area contributed by atoms with Gasteiger partial charge in [-0.3, -0.25) is 19.5 Å². The fourth-order valence-electron chi connectivity index (χ4n) is 1.78. The maximum absolute atomic E-state index is 12.1. The van der Waals surface area contributed by atoms with E-state index >= 15 is 0 Å². The molecule has 0 saturated carbocycles. The summed E-state index contributed by atoms with van der Waals surface area (Å²) in [7, 11) is 0. The average Bonchev–Trinajstić information content (AvgIpc) is 3.14. The molecule has 0 unspecified atom stereocenters. The van der Waals surface area contributed by atoms with Crippen molar-refractivity contribution < 1.29 is 4.79 Å².